The fraction of sp³-hybridized carbons (Fsp3) is 0. The molecular weight excluding hydrogens is 280 g/mol. The maximum atomic E-state index is 5.70. The summed E-state index contributed by atoms with van der Waals surface area (Å²) in [6, 6.07) is 1.99. The number of benzene rings is 2. The van der Waals surface area contributed by atoms with Gasteiger partial charge in [0.05, 0.1) is 43.0 Å². The number of fused-ring (bicyclic) bond motifs is 11. The molecular formula is C18H8O4. The summed E-state index contributed by atoms with van der Waals surface area (Å²) in [6.07, 6.45) is 12.3. The van der Waals surface area contributed by atoms with E-state index in [0.717, 1.165) is 54.1 Å². The molecule has 0 aliphatic rings. The molecule has 0 atom stereocenters. The Kier molecular flexibility index (Phi) is 1.61. The van der Waals surface area contributed by atoms with Crippen LogP contribution in [-0.4, -0.2) is 0 Å². The lowest BCUT2D eigenvalue weighted by Crippen LogP contribution is -1.80. The normalized spacial score (nSPS) is 12.5. The third-order valence-electron chi connectivity index (χ3n) is 4.51. The van der Waals surface area contributed by atoms with Crippen LogP contribution in [0.1, 0.15) is 0 Å². The Bertz CT molecular complexity index is 1120. The van der Waals surface area contributed by atoms with Crippen molar-refractivity contribution in [3.8, 4) is 0 Å². The summed E-state index contributed by atoms with van der Waals surface area (Å²) in [7, 11) is 0. The number of hydrogen-bond donors (Lipinski definition) is 0. The van der Waals surface area contributed by atoms with Crippen LogP contribution >= 0.6 is 0 Å². The van der Waals surface area contributed by atoms with Crippen LogP contribution in [0.2, 0.25) is 0 Å². The van der Waals surface area contributed by atoms with Crippen LogP contribution in [-0.2, 0) is 0 Å². The van der Waals surface area contributed by atoms with Crippen molar-refractivity contribution in [3.63, 3.8) is 0 Å². The van der Waals surface area contributed by atoms with Crippen LogP contribution in [0, 0.1) is 0 Å². The van der Waals surface area contributed by atoms with Gasteiger partial charge in [-0.15, -0.1) is 0 Å². The maximum absolute atomic E-state index is 5.70. The molecule has 0 N–H and O–H groups in total. The van der Waals surface area contributed by atoms with E-state index in [1.54, 1.807) is 43.8 Å². The highest BCUT2D eigenvalue weighted by Gasteiger charge is 2.19. The second-order valence-electron chi connectivity index (χ2n) is 5.51. The second-order valence-corrected chi connectivity index (χ2v) is 5.51. The Morgan fingerprint density at radius 1 is 0.500 bits per heavy atom. The quantitative estimate of drug-likeness (QED) is 0.353. The van der Waals surface area contributed by atoms with Gasteiger partial charge >= 0.3 is 0 Å². The molecule has 6 aromatic rings. The smallest absolute Gasteiger partial charge is 0.145 e. The first-order valence-electron chi connectivity index (χ1n) is 6.96. The molecule has 0 amide bonds. The van der Waals surface area contributed by atoms with Crippen LogP contribution in [0.3, 0.4) is 0 Å². The Labute approximate surface area is 122 Å². The third kappa shape index (κ3) is 1.01. The fourth-order valence-corrected chi connectivity index (χ4v) is 3.61. The van der Waals surface area contributed by atoms with Gasteiger partial charge in [-0.25, -0.2) is 0 Å². The van der Waals surface area contributed by atoms with E-state index >= 15 is 0 Å². The van der Waals surface area contributed by atoms with Gasteiger partial charge in [-0.2, -0.15) is 0 Å². The van der Waals surface area contributed by atoms with Crippen molar-refractivity contribution < 1.29 is 17.7 Å². The van der Waals surface area contributed by atoms with Crippen molar-refractivity contribution >= 4 is 54.1 Å². The molecule has 6 rings (SSSR count). The Morgan fingerprint density at radius 2 is 1.00 bits per heavy atom. The van der Waals surface area contributed by atoms with Crippen LogP contribution in [0.25, 0.3) is 54.1 Å². The van der Waals surface area contributed by atoms with Gasteiger partial charge in [0.25, 0.3) is 0 Å². The Hall–Kier alpha value is -3.14. The topological polar surface area (TPSA) is 52.6 Å². The van der Waals surface area contributed by atoms with Gasteiger partial charge in [0.15, 0.2) is 0 Å². The highest BCUT2D eigenvalue weighted by atomic mass is 16.3. The summed E-state index contributed by atoms with van der Waals surface area (Å²) in [6.45, 7) is 0. The zero-order valence-electron chi connectivity index (χ0n) is 11.3. The van der Waals surface area contributed by atoms with Gasteiger partial charge in [-0.05, 0) is 6.07 Å². The molecule has 4 heterocycles. The first-order chi connectivity index (χ1) is 10.9. The number of hydrogen-bond acceptors (Lipinski definition) is 4. The van der Waals surface area contributed by atoms with E-state index in [4.69, 9.17) is 17.7 Å². The summed E-state index contributed by atoms with van der Waals surface area (Å²) in [4.78, 5) is 0. The number of rotatable bonds is 0. The van der Waals surface area contributed by atoms with E-state index in [1.807, 2.05) is 6.07 Å². The van der Waals surface area contributed by atoms with Gasteiger partial charge in [-0.3, -0.25) is 0 Å². The molecule has 0 aliphatic carbocycles. The molecule has 0 saturated heterocycles. The maximum Gasteiger partial charge on any atom is 0.145 e. The van der Waals surface area contributed by atoms with Crippen molar-refractivity contribution in [2.45, 2.75) is 0 Å². The van der Waals surface area contributed by atoms with E-state index in [1.165, 1.54) is 0 Å². The lowest BCUT2D eigenvalue weighted by molar-refractivity contribution is 0.570. The molecule has 4 heteroatoms. The molecule has 0 radical (unpaired) electrons. The van der Waals surface area contributed by atoms with Crippen LogP contribution in [0.4, 0.5) is 0 Å². The van der Waals surface area contributed by atoms with E-state index in [2.05, 4.69) is 0 Å². The van der Waals surface area contributed by atoms with E-state index in [-0.39, 0.29) is 0 Å². The van der Waals surface area contributed by atoms with Gasteiger partial charge in [0.2, 0.25) is 0 Å². The zero-order chi connectivity index (χ0) is 14.3. The van der Waals surface area contributed by atoms with Gasteiger partial charge in [0, 0.05) is 43.1 Å². The molecule has 2 aromatic carbocycles. The molecule has 0 spiro atoms. The van der Waals surface area contributed by atoms with Gasteiger partial charge < -0.3 is 17.7 Å². The standard InChI is InChI=1S/C18H8O4/c1-2-22-18-9(1)16-12-5-19-3-10(12)11-4-20-6-13(11)17(16)14-7-21-8-15(14)18/h1-8H. The van der Waals surface area contributed by atoms with Crippen LogP contribution < -0.4 is 0 Å². The fourth-order valence-electron chi connectivity index (χ4n) is 3.61. The average molecular weight is 288 g/mol. The van der Waals surface area contributed by atoms with Gasteiger partial charge in [0.1, 0.15) is 11.8 Å². The highest BCUT2D eigenvalue weighted by molar-refractivity contribution is 6.38. The molecule has 0 saturated carbocycles. The Morgan fingerprint density at radius 3 is 1.68 bits per heavy atom. The lowest BCUT2D eigenvalue weighted by Gasteiger charge is -2.05. The van der Waals surface area contributed by atoms with Gasteiger partial charge in [-0.1, -0.05) is 0 Å². The largest absolute Gasteiger partial charge is 0.471 e. The molecule has 0 aliphatic heterocycles. The number of furan rings is 4. The van der Waals surface area contributed by atoms with Crippen molar-refractivity contribution in [1.82, 2.24) is 0 Å². The monoisotopic (exact) mass is 288 g/mol. The van der Waals surface area contributed by atoms with Crippen molar-refractivity contribution in [1.29, 1.82) is 0 Å². The molecule has 0 bridgehead atoms. The molecule has 4 nitrogen and oxygen atoms in total. The molecule has 104 valence electrons. The molecule has 0 fully saturated rings. The predicted octanol–water partition coefficient (Wildman–Crippen LogP) is 5.82. The van der Waals surface area contributed by atoms with E-state index in [9.17, 15) is 0 Å². The molecule has 4 aromatic heterocycles. The second kappa shape index (κ2) is 3.36. The molecule has 0 unspecified atom stereocenters. The average Bonchev–Trinajstić information content (AvgIpc) is 3.28. The van der Waals surface area contributed by atoms with Crippen molar-refractivity contribution in [2.24, 2.45) is 0 Å². The Balaban J connectivity index is 2.19. The minimum absolute atomic E-state index is 0.835. The predicted molar refractivity (Wildman–Crippen MR) is 83.0 cm³/mol. The van der Waals surface area contributed by atoms with Crippen LogP contribution in [0.5, 0.6) is 0 Å². The highest BCUT2D eigenvalue weighted by Crippen LogP contribution is 2.44. The summed E-state index contributed by atoms with van der Waals surface area (Å²) in [5, 5.41) is 9.45. The van der Waals surface area contributed by atoms with Crippen LogP contribution in [0.15, 0.2) is 67.6 Å². The summed E-state index contributed by atoms with van der Waals surface area (Å²) < 4.78 is 22.1. The summed E-state index contributed by atoms with van der Waals surface area (Å²) in [5.41, 5.74) is 0.835. The first-order valence-corrected chi connectivity index (χ1v) is 6.96. The lowest BCUT2D eigenvalue weighted by atomic mass is 9.94. The SMILES string of the molecule is c1cc2c(o1)c1cocc1c1c3cocc3c3cocc3c21. The van der Waals surface area contributed by atoms with E-state index in [0.29, 0.717) is 0 Å². The minimum atomic E-state index is 0.835. The summed E-state index contributed by atoms with van der Waals surface area (Å²) in [5.74, 6) is 0. The molecule has 22 heavy (non-hydrogen) atoms. The first kappa shape index (κ1) is 10.6. The van der Waals surface area contributed by atoms with Crippen molar-refractivity contribution in [3.05, 3.63) is 49.9 Å². The minimum Gasteiger partial charge on any atom is -0.471 e. The third-order valence-corrected chi connectivity index (χ3v) is 4.51. The zero-order valence-corrected chi connectivity index (χ0v) is 11.3. The van der Waals surface area contributed by atoms with E-state index < -0.39 is 0 Å². The summed E-state index contributed by atoms with van der Waals surface area (Å²) >= 11 is 0. The van der Waals surface area contributed by atoms with Crippen molar-refractivity contribution in [2.75, 3.05) is 0 Å².